The summed E-state index contributed by atoms with van der Waals surface area (Å²) < 4.78 is 0. The summed E-state index contributed by atoms with van der Waals surface area (Å²) in [6.07, 6.45) is 0. The molecule has 1 amide bonds. The number of hydrogen-bond acceptors (Lipinski definition) is 2. The van der Waals surface area contributed by atoms with Gasteiger partial charge in [0.2, 0.25) is 0 Å². The van der Waals surface area contributed by atoms with Crippen LogP contribution in [-0.4, -0.2) is 24.2 Å². The first-order valence-electron chi connectivity index (χ1n) is 4.20. The molecule has 0 saturated heterocycles. The molecule has 14 heavy (non-hydrogen) atoms. The first kappa shape index (κ1) is 12.9. The van der Waals surface area contributed by atoms with Crippen molar-refractivity contribution in [2.24, 2.45) is 0 Å². The highest BCUT2D eigenvalue weighted by Crippen LogP contribution is 2.02. The van der Waals surface area contributed by atoms with E-state index in [9.17, 15) is 4.79 Å². The molecule has 0 aliphatic carbocycles. The maximum Gasteiger partial charge on any atom is 0.251 e. The highest BCUT2D eigenvalue weighted by Gasteiger charge is 2.02. The van der Waals surface area contributed by atoms with E-state index in [0.29, 0.717) is 12.1 Å². The first-order chi connectivity index (χ1) is 6.24. The van der Waals surface area contributed by atoms with E-state index in [0.717, 1.165) is 5.56 Å². The van der Waals surface area contributed by atoms with Crippen molar-refractivity contribution in [3.63, 3.8) is 0 Å². The van der Waals surface area contributed by atoms with Gasteiger partial charge >= 0.3 is 0 Å². The Balaban J connectivity index is 0.00000169. The van der Waals surface area contributed by atoms with Crippen molar-refractivity contribution in [1.29, 1.82) is 0 Å². The molecule has 1 aromatic carbocycles. The number of benzene rings is 1. The second-order valence-electron chi connectivity index (χ2n) is 2.85. The molecule has 0 bridgehead atoms. The zero-order valence-electron chi connectivity index (χ0n) is 7.99. The fourth-order valence-corrected chi connectivity index (χ4v) is 0.976. The third-order valence-corrected chi connectivity index (χ3v) is 1.71. The molecule has 0 fully saturated rings. The molecular weight excluding hydrogens is 202 g/mol. The molecule has 0 aromatic heterocycles. The van der Waals surface area contributed by atoms with E-state index in [-0.39, 0.29) is 24.9 Å². The number of aliphatic hydroxyl groups is 1. The molecule has 2 N–H and O–H groups in total. The van der Waals surface area contributed by atoms with Crippen molar-refractivity contribution in [2.45, 2.75) is 6.92 Å². The van der Waals surface area contributed by atoms with E-state index >= 15 is 0 Å². The van der Waals surface area contributed by atoms with E-state index in [4.69, 9.17) is 5.11 Å². The molecular formula is C10H14ClNO2. The van der Waals surface area contributed by atoms with Gasteiger partial charge < -0.3 is 10.4 Å². The largest absolute Gasteiger partial charge is 0.395 e. The third kappa shape index (κ3) is 3.77. The number of aryl methyl sites for hydroxylation is 1. The number of halogens is 1. The second kappa shape index (κ2) is 6.40. The summed E-state index contributed by atoms with van der Waals surface area (Å²) in [6.45, 7) is 2.24. The second-order valence-corrected chi connectivity index (χ2v) is 2.85. The van der Waals surface area contributed by atoms with Crippen LogP contribution in [0.2, 0.25) is 0 Å². The van der Waals surface area contributed by atoms with Crippen LogP contribution in [0.15, 0.2) is 24.3 Å². The molecule has 78 valence electrons. The van der Waals surface area contributed by atoms with Crippen molar-refractivity contribution >= 4 is 18.3 Å². The monoisotopic (exact) mass is 215 g/mol. The van der Waals surface area contributed by atoms with Crippen LogP contribution in [0.4, 0.5) is 0 Å². The Hall–Kier alpha value is -1.06. The number of aliphatic hydroxyl groups excluding tert-OH is 1. The van der Waals surface area contributed by atoms with Crippen molar-refractivity contribution in [3.05, 3.63) is 35.4 Å². The number of carbonyl (C=O) groups excluding carboxylic acids is 1. The van der Waals surface area contributed by atoms with Gasteiger partial charge in [-0.1, -0.05) is 17.7 Å². The van der Waals surface area contributed by atoms with Crippen LogP contribution < -0.4 is 5.32 Å². The van der Waals surface area contributed by atoms with Gasteiger partial charge in [-0.3, -0.25) is 4.79 Å². The minimum Gasteiger partial charge on any atom is -0.395 e. The Bertz CT molecular complexity index is 285. The van der Waals surface area contributed by atoms with E-state index < -0.39 is 0 Å². The summed E-state index contributed by atoms with van der Waals surface area (Å²) in [5, 5.41) is 11.1. The predicted molar refractivity (Wildman–Crippen MR) is 57.8 cm³/mol. The Morgan fingerprint density at radius 3 is 2.43 bits per heavy atom. The maximum atomic E-state index is 11.3. The van der Waals surface area contributed by atoms with E-state index in [1.54, 1.807) is 12.1 Å². The molecule has 4 heteroatoms. The van der Waals surface area contributed by atoms with Gasteiger partial charge in [-0.25, -0.2) is 0 Å². The lowest BCUT2D eigenvalue weighted by atomic mass is 10.1. The van der Waals surface area contributed by atoms with Crippen LogP contribution in [-0.2, 0) is 0 Å². The van der Waals surface area contributed by atoms with Crippen molar-refractivity contribution in [1.82, 2.24) is 5.32 Å². The van der Waals surface area contributed by atoms with Crippen molar-refractivity contribution in [3.8, 4) is 0 Å². The van der Waals surface area contributed by atoms with Gasteiger partial charge in [0.15, 0.2) is 0 Å². The smallest absolute Gasteiger partial charge is 0.251 e. The molecule has 0 heterocycles. The Kier molecular flexibility index (Phi) is 5.92. The lowest BCUT2D eigenvalue weighted by Gasteiger charge is -2.02. The van der Waals surface area contributed by atoms with Crippen molar-refractivity contribution in [2.75, 3.05) is 13.2 Å². The number of amides is 1. The summed E-state index contributed by atoms with van der Waals surface area (Å²) in [7, 11) is 0. The molecule has 0 aliphatic heterocycles. The summed E-state index contributed by atoms with van der Waals surface area (Å²) in [5.74, 6) is -0.144. The fourth-order valence-electron chi connectivity index (χ4n) is 0.976. The van der Waals surface area contributed by atoms with Crippen LogP contribution in [0, 0.1) is 6.92 Å². The molecule has 0 aliphatic rings. The first-order valence-corrected chi connectivity index (χ1v) is 4.20. The summed E-state index contributed by atoms with van der Waals surface area (Å²) in [6, 6.07) is 7.30. The number of rotatable bonds is 3. The minimum atomic E-state index is -0.144. The SMILES string of the molecule is Cc1ccc(C(=O)NCCO)cc1.Cl. The summed E-state index contributed by atoms with van der Waals surface area (Å²) in [4.78, 5) is 11.3. The van der Waals surface area contributed by atoms with Gasteiger partial charge in [-0.15, -0.1) is 12.4 Å². The average molecular weight is 216 g/mol. The van der Waals surface area contributed by atoms with Gasteiger partial charge in [0.1, 0.15) is 0 Å². The number of nitrogens with one attached hydrogen (secondary N) is 1. The summed E-state index contributed by atoms with van der Waals surface area (Å²) in [5.41, 5.74) is 1.75. The standard InChI is InChI=1S/C10H13NO2.ClH/c1-8-2-4-9(5-3-8)10(13)11-6-7-12;/h2-5,12H,6-7H2,1H3,(H,11,13);1H. The topological polar surface area (TPSA) is 49.3 Å². The number of carbonyl (C=O) groups is 1. The third-order valence-electron chi connectivity index (χ3n) is 1.71. The molecule has 1 aromatic rings. The van der Waals surface area contributed by atoms with Crippen LogP contribution in [0.5, 0.6) is 0 Å². The Labute approximate surface area is 89.5 Å². The van der Waals surface area contributed by atoms with E-state index in [1.807, 2.05) is 19.1 Å². The zero-order valence-corrected chi connectivity index (χ0v) is 8.80. The highest BCUT2D eigenvalue weighted by molar-refractivity contribution is 5.94. The van der Waals surface area contributed by atoms with Gasteiger partial charge in [0, 0.05) is 12.1 Å². The lowest BCUT2D eigenvalue weighted by molar-refractivity contribution is 0.0945. The molecule has 1 rings (SSSR count). The average Bonchev–Trinajstić information content (AvgIpc) is 2.15. The summed E-state index contributed by atoms with van der Waals surface area (Å²) >= 11 is 0. The molecule has 0 atom stereocenters. The van der Waals surface area contributed by atoms with Crippen LogP contribution >= 0.6 is 12.4 Å². The number of hydrogen-bond donors (Lipinski definition) is 2. The van der Waals surface area contributed by atoms with Gasteiger partial charge in [0.25, 0.3) is 5.91 Å². The molecule has 0 saturated carbocycles. The zero-order chi connectivity index (χ0) is 9.68. The van der Waals surface area contributed by atoms with E-state index in [2.05, 4.69) is 5.32 Å². The predicted octanol–water partition coefficient (Wildman–Crippen LogP) is 1.14. The van der Waals surface area contributed by atoms with Gasteiger partial charge in [-0.05, 0) is 19.1 Å². The minimum absolute atomic E-state index is 0. The normalized spacial score (nSPS) is 9.00. The Morgan fingerprint density at radius 2 is 1.93 bits per heavy atom. The van der Waals surface area contributed by atoms with Crippen LogP contribution in [0.1, 0.15) is 15.9 Å². The molecule has 0 radical (unpaired) electrons. The van der Waals surface area contributed by atoms with Crippen molar-refractivity contribution < 1.29 is 9.90 Å². The Morgan fingerprint density at radius 1 is 1.36 bits per heavy atom. The van der Waals surface area contributed by atoms with Crippen LogP contribution in [0.3, 0.4) is 0 Å². The fraction of sp³-hybridized carbons (Fsp3) is 0.300. The molecule has 3 nitrogen and oxygen atoms in total. The molecule has 0 spiro atoms. The van der Waals surface area contributed by atoms with E-state index in [1.165, 1.54) is 0 Å². The molecule has 0 unspecified atom stereocenters. The van der Waals surface area contributed by atoms with Gasteiger partial charge in [-0.2, -0.15) is 0 Å². The van der Waals surface area contributed by atoms with Gasteiger partial charge in [0.05, 0.1) is 6.61 Å². The lowest BCUT2D eigenvalue weighted by Crippen LogP contribution is -2.26. The quantitative estimate of drug-likeness (QED) is 0.795. The maximum absolute atomic E-state index is 11.3. The van der Waals surface area contributed by atoms with Crippen LogP contribution in [0.25, 0.3) is 0 Å². The highest BCUT2D eigenvalue weighted by atomic mass is 35.5.